The lowest BCUT2D eigenvalue weighted by molar-refractivity contribution is -0.133. The van der Waals surface area contributed by atoms with Gasteiger partial charge in [-0.25, -0.2) is 0 Å². The van der Waals surface area contributed by atoms with Gasteiger partial charge in [-0.05, 0) is 31.0 Å². The molecular weight excluding hydrogens is 282 g/mol. The molecule has 1 aliphatic rings. The number of benzene rings is 1. The van der Waals surface area contributed by atoms with E-state index in [4.69, 9.17) is 10.5 Å². The van der Waals surface area contributed by atoms with Crippen molar-refractivity contribution in [3.63, 3.8) is 0 Å². The van der Waals surface area contributed by atoms with Crippen LogP contribution >= 0.6 is 0 Å². The molecular formula is C16H23N3O3. The second-order valence-corrected chi connectivity index (χ2v) is 5.42. The Morgan fingerprint density at radius 3 is 2.55 bits per heavy atom. The van der Waals surface area contributed by atoms with Crippen molar-refractivity contribution >= 4 is 17.5 Å². The molecule has 1 heterocycles. The number of ether oxygens (including phenoxy) is 1. The van der Waals surface area contributed by atoms with Crippen molar-refractivity contribution in [3.8, 4) is 5.75 Å². The monoisotopic (exact) mass is 305 g/mol. The quantitative estimate of drug-likeness (QED) is 0.824. The molecule has 1 aromatic rings. The largest absolute Gasteiger partial charge is 0.482 e. The number of nitrogen functional groups attached to an aromatic ring is 1. The molecule has 3 N–H and O–H groups in total. The van der Waals surface area contributed by atoms with E-state index in [0.29, 0.717) is 17.0 Å². The van der Waals surface area contributed by atoms with Gasteiger partial charge in [0.2, 0.25) is 0 Å². The van der Waals surface area contributed by atoms with Gasteiger partial charge in [-0.3, -0.25) is 9.59 Å². The maximum atomic E-state index is 12.2. The number of carbonyl (C=O) groups is 2. The number of rotatable bonds is 4. The van der Waals surface area contributed by atoms with Gasteiger partial charge < -0.3 is 20.7 Å². The summed E-state index contributed by atoms with van der Waals surface area (Å²) in [6.07, 6.45) is 4.43. The molecule has 0 radical (unpaired) electrons. The zero-order chi connectivity index (χ0) is 15.9. The van der Waals surface area contributed by atoms with Crippen LogP contribution in [0.15, 0.2) is 18.2 Å². The average molecular weight is 305 g/mol. The highest BCUT2D eigenvalue weighted by Gasteiger charge is 2.17. The molecule has 1 fully saturated rings. The van der Waals surface area contributed by atoms with Gasteiger partial charge in [0.1, 0.15) is 5.75 Å². The van der Waals surface area contributed by atoms with E-state index >= 15 is 0 Å². The molecule has 0 aliphatic carbocycles. The van der Waals surface area contributed by atoms with E-state index in [1.165, 1.54) is 12.8 Å². The lowest BCUT2D eigenvalue weighted by Crippen LogP contribution is -2.35. The minimum absolute atomic E-state index is 0.0355. The molecule has 0 saturated carbocycles. The number of hydrogen-bond acceptors (Lipinski definition) is 4. The van der Waals surface area contributed by atoms with Crippen LogP contribution in [0.2, 0.25) is 0 Å². The van der Waals surface area contributed by atoms with Crippen LogP contribution < -0.4 is 15.8 Å². The molecule has 1 saturated heterocycles. The summed E-state index contributed by atoms with van der Waals surface area (Å²) in [4.78, 5) is 25.6. The maximum Gasteiger partial charge on any atom is 0.260 e. The van der Waals surface area contributed by atoms with Gasteiger partial charge in [-0.2, -0.15) is 0 Å². The van der Waals surface area contributed by atoms with Crippen molar-refractivity contribution in [2.24, 2.45) is 0 Å². The predicted molar refractivity (Wildman–Crippen MR) is 84.8 cm³/mol. The van der Waals surface area contributed by atoms with Gasteiger partial charge in [0.25, 0.3) is 11.8 Å². The number of nitrogens with zero attached hydrogens (tertiary/aromatic N) is 1. The van der Waals surface area contributed by atoms with Crippen LogP contribution in [0.3, 0.4) is 0 Å². The van der Waals surface area contributed by atoms with Gasteiger partial charge in [-0.15, -0.1) is 0 Å². The number of likely N-dealkylation sites (tertiary alicyclic amines) is 1. The summed E-state index contributed by atoms with van der Waals surface area (Å²) in [6, 6.07) is 4.79. The highest BCUT2D eigenvalue weighted by Crippen LogP contribution is 2.23. The smallest absolute Gasteiger partial charge is 0.260 e. The molecule has 6 nitrogen and oxygen atoms in total. The van der Waals surface area contributed by atoms with Crippen LogP contribution in [0.1, 0.15) is 36.0 Å². The first kappa shape index (κ1) is 16.1. The zero-order valence-electron chi connectivity index (χ0n) is 12.9. The fraction of sp³-hybridized carbons (Fsp3) is 0.500. The Bertz CT molecular complexity index is 537. The van der Waals surface area contributed by atoms with E-state index in [1.807, 2.05) is 4.90 Å². The van der Waals surface area contributed by atoms with Crippen molar-refractivity contribution in [1.29, 1.82) is 0 Å². The standard InChI is InChI=1S/C16H23N3O3/c1-18-16(21)12-6-7-13(17)14(10-12)22-11-15(20)19-8-4-2-3-5-9-19/h6-7,10H,2-5,8-9,11,17H2,1H3,(H,18,21). The first-order chi connectivity index (χ1) is 10.6. The second-order valence-electron chi connectivity index (χ2n) is 5.42. The number of carbonyl (C=O) groups excluding carboxylic acids is 2. The Balaban J connectivity index is 1.98. The molecule has 120 valence electrons. The van der Waals surface area contributed by atoms with Gasteiger partial charge in [0.15, 0.2) is 6.61 Å². The summed E-state index contributed by atoms with van der Waals surface area (Å²) in [5.74, 6) is 0.111. The maximum absolute atomic E-state index is 12.2. The van der Waals surface area contributed by atoms with Gasteiger partial charge in [-0.1, -0.05) is 12.8 Å². The highest BCUT2D eigenvalue weighted by molar-refractivity contribution is 5.95. The normalized spacial score (nSPS) is 15.0. The van der Waals surface area contributed by atoms with Crippen LogP contribution in [0.5, 0.6) is 5.75 Å². The molecule has 0 atom stereocenters. The van der Waals surface area contributed by atoms with Crippen molar-refractivity contribution in [2.75, 3.05) is 32.5 Å². The van der Waals surface area contributed by atoms with Crippen molar-refractivity contribution < 1.29 is 14.3 Å². The molecule has 1 aliphatic heterocycles. The number of nitrogens with one attached hydrogen (secondary N) is 1. The molecule has 22 heavy (non-hydrogen) atoms. The number of hydrogen-bond donors (Lipinski definition) is 2. The minimum Gasteiger partial charge on any atom is -0.482 e. The third-order valence-electron chi connectivity index (χ3n) is 3.81. The van der Waals surface area contributed by atoms with E-state index in [0.717, 1.165) is 25.9 Å². The van der Waals surface area contributed by atoms with Gasteiger partial charge in [0, 0.05) is 25.7 Å². The van der Waals surface area contributed by atoms with Gasteiger partial charge in [0.05, 0.1) is 5.69 Å². The summed E-state index contributed by atoms with van der Waals surface area (Å²) in [5.41, 5.74) is 6.71. The lowest BCUT2D eigenvalue weighted by atomic mass is 10.2. The Kier molecular flexibility index (Phi) is 5.63. The molecule has 6 heteroatoms. The first-order valence-electron chi connectivity index (χ1n) is 7.64. The van der Waals surface area contributed by atoms with Crippen molar-refractivity contribution in [1.82, 2.24) is 10.2 Å². The Hall–Kier alpha value is -2.24. The Labute approximate surface area is 130 Å². The van der Waals surface area contributed by atoms with Crippen LogP contribution in [0, 0.1) is 0 Å². The zero-order valence-corrected chi connectivity index (χ0v) is 12.9. The lowest BCUT2D eigenvalue weighted by Gasteiger charge is -2.20. The van der Waals surface area contributed by atoms with Crippen LogP contribution in [-0.2, 0) is 4.79 Å². The number of nitrogens with two attached hydrogens (primary N) is 1. The summed E-state index contributed by atoms with van der Waals surface area (Å²) in [6.45, 7) is 1.52. The number of amides is 2. The molecule has 0 spiro atoms. The van der Waals surface area contributed by atoms with Crippen LogP contribution in [0.4, 0.5) is 5.69 Å². The van der Waals surface area contributed by atoms with Gasteiger partial charge >= 0.3 is 0 Å². The van der Waals surface area contributed by atoms with E-state index in [1.54, 1.807) is 25.2 Å². The number of anilines is 1. The molecule has 2 amide bonds. The molecule has 0 unspecified atom stereocenters. The third-order valence-corrected chi connectivity index (χ3v) is 3.81. The summed E-state index contributed by atoms with van der Waals surface area (Å²) in [7, 11) is 1.56. The highest BCUT2D eigenvalue weighted by atomic mass is 16.5. The fourth-order valence-electron chi connectivity index (χ4n) is 2.50. The second kappa shape index (κ2) is 7.68. The Morgan fingerprint density at radius 1 is 1.23 bits per heavy atom. The first-order valence-corrected chi connectivity index (χ1v) is 7.64. The van der Waals surface area contributed by atoms with Crippen LogP contribution in [-0.4, -0.2) is 43.5 Å². The van der Waals surface area contributed by atoms with E-state index in [9.17, 15) is 9.59 Å². The fourth-order valence-corrected chi connectivity index (χ4v) is 2.50. The summed E-state index contributed by atoms with van der Waals surface area (Å²) in [5, 5.41) is 2.54. The third kappa shape index (κ3) is 4.13. The summed E-state index contributed by atoms with van der Waals surface area (Å²) >= 11 is 0. The topological polar surface area (TPSA) is 84.7 Å². The van der Waals surface area contributed by atoms with Crippen molar-refractivity contribution in [3.05, 3.63) is 23.8 Å². The van der Waals surface area contributed by atoms with E-state index in [-0.39, 0.29) is 18.4 Å². The Morgan fingerprint density at radius 2 is 1.91 bits per heavy atom. The summed E-state index contributed by atoms with van der Waals surface area (Å²) < 4.78 is 5.53. The molecule has 2 rings (SSSR count). The molecule has 0 aromatic heterocycles. The average Bonchev–Trinajstić information content (AvgIpc) is 2.82. The predicted octanol–water partition coefficient (Wildman–Crippen LogP) is 1.41. The van der Waals surface area contributed by atoms with E-state index in [2.05, 4.69) is 5.32 Å². The molecule has 1 aromatic carbocycles. The SMILES string of the molecule is CNC(=O)c1ccc(N)c(OCC(=O)N2CCCCCC2)c1. The van der Waals surface area contributed by atoms with Crippen molar-refractivity contribution in [2.45, 2.75) is 25.7 Å². The molecule has 0 bridgehead atoms. The minimum atomic E-state index is -0.219. The van der Waals surface area contributed by atoms with Crippen LogP contribution in [0.25, 0.3) is 0 Å². The van der Waals surface area contributed by atoms with E-state index < -0.39 is 0 Å².